The molecule has 2 N–H and O–H groups in total. The zero-order chi connectivity index (χ0) is 12.3. The Bertz CT molecular complexity index is 234. The standard InChI is InChI=1S/C14H28N2O/c1-3-13-10-17-11(2)9-16(13)8-7-12-5-4-6-14(12)15/h11-14H,3-10,15H2,1-2H3. The first-order chi connectivity index (χ1) is 8.20. The molecule has 3 nitrogen and oxygen atoms in total. The molecule has 0 spiro atoms. The lowest BCUT2D eigenvalue weighted by Gasteiger charge is -2.39. The molecule has 0 radical (unpaired) electrons. The third kappa shape index (κ3) is 3.43. The molecule has 1 saturated heterocycles. The third-order valence-corrected chi connectivity index (χ3v) is 4.56. The van der Waals surface area contributed by atoms with Crippen molar-refractivity contribution in [3.63, 3.8) is 0 Å². The van der Waals surface area contributed by atoms with E-state index in [1.807, 2.05) is 0 Å². The van der Waals surface area contributed by atoms with Crippen molar-refractivity contribution in [1.82, 2.24) is 4.90 Å². The SMILES string of the molecule is CCC1COC(C)CN1CCC1CCCC1N. The van der Waals surface area contributed by atoms with Crippen molar-refractivity contribution in [3.05, 3.63) is 0 Å². The van der Waals surface area contributed by atoms with Crippen LogP contribution in [0, 0.1) is 5.92 Å². The van der Waals surface area contributed by atoms with E-state index >= 15 is 0 Å². The molecule has 1 saturated carbocycles. The van der Waals surface area contributed by atoms with E-state index in [-0.39, 0.29) is 0 Å². The average Bonchev–Trinajstić information content (AvgIpc) is 2.72. The van der Waals surface area contributed by atoms with Crippen molar-refractivity contribution in [3.8, 4) is 0 Å². The minimum atomic E-state index is 0.398. The van der Waals surface area contributed by atoms with Crippen LogP contribution in [0.15, 0.2) is 0 Å². The van der Waals surface area contributed by atoms with Crippen LogP contribution >= 0.6 is 0 Å². The molecule has 17 heavy (non-hydrogen) atoms. The van der Waals surface area contributed by atoms with Gasteiger partial charge in [-0.25, -0.2) is 0 Å². The van der Waals surface area contributed by atoms with Crippen LogP contribution in [0.25, 0.3) is 0 Å². The Morgan fingerprint density at radius 1 is 1.35 bits per heavy atom. The summed E-state index contributed by atoms with van der Waals surface area (Å²) in [6.45, 7) is 7.66. The molecule has 100 valence electrons. The summed E-state index contributed by atoms with van der Waals surface area (Å²) in [7, 11) is 0. The Morgan fingerprint density at radius 3 is 2.82 bits per heavy atom. The zero-order valence-corrected chi connectivity index (χ0v) is 11.4. The van der Waals surface area contributed by atoms with Crippen molar-refractivity contribution in [1.29, 1.82) is 0 Å². The lowest BCUT2D eigenvalue weighted by molar-refractivity contribution is -0.0572. The van der Waals surface area contributed by atoms with Gasteiger partial charge in [0.15, 0.2) is 0 Å². The van der Waals surface area contributed by atoms with Gasteiger partial charge in [-0.3, -0.25) is 4.90 Å². The second-order valence-corrected chi connectivity index (χ2v) is 5.84. The number of rotatable bonds is 4. The summed E-state index contributed by atoms with van der Waals surface area (Å²) < 4.78 is 5.74. The molecule has 2 aliphatic rings. The normalized spacial score (nSPS) is 39.7. The Balaban J connectivity index is 1.79. The summed E-state index contributed by atoms with van der Waals surface area (Å²) in [6.07, 6.45) is 6.80. The molecule has 1 aliphatic heterocycles. The van der Waals surface area contributed by atoms with Gasteiger partial charge >= 0.3 is 0 Å². The molecule has 0 amide bonds. The van der Waals surface area contributed by atoms with Crippen molar-refractivity contribution in [2.45, 2.75) is 64.1 Å². The van der Waals surface area contributed by atoms with Gasteiger partial charge in [-0.05, 0) is 45.1 Å². The van der Waals surface area contributed by atoms with Crippen LogP contribution in [0.3, 0.4) is 0 Å². The summed E-state index contributed by atoms with van der Waals surface area (Å²) in [4.78, 5) is 2.62. The highest BCUT2D eigenvalue weighted by Crippen LogP contribution is 2.27. The van der Waals surface area contributed by atoms with Crippen molar-refractivity contribution >= 4 is 0 Å². The van der Waals surface area contributed by atoms with Crippen molar-refractivity contribution < 1.29 is 4.74 Å². The molecule has 4 atom stereocenters. The maximum Gasteiger partial charge on any atom is 0.0674 e. The van der Waals surface area contributed by atoms with Crippen molar-refractivity contribution in [2.24, 2.45) is 11.7 Å². The Hall–Kier alpha value is -0.120. The number of nitrogens with two attached hydrogens (primary N) is 1. The molecular formula is C14H28N2O. The highest BCUT2D eigenvalue weighted by Gasteiger charge is 2.28. The second kappa shape index (κ2) is 6.17. The van der Waals surface area contributed by atoms with E-state index in [2.05, 4.69) is 18.7 Å². The van der Waals surface area contributed by atoms with Crippen LogP contribution in [0.4, 0.5) is 0 Å². The highest BCUT2D eigenvalue weighted by atomic mass is 16.5. The van der Waals surface area contributed by atoms with E-state index in [4.69, 9.17) is 10.5 Å². The smallest absolute Gasteiger partial charge is 0.0674 e. The van der Waals surface area contributed by atoms with Crippen LogP contribution in [0.2, 0.25) is 0 Å². The maximum atomic E-state index is 6.15. The molecule has 0 aromatic heterocycles. The first kappa shape index (κ1) is 13.3. The summed E-state index contributed by atoms with van der Waals surface area (Å²) in [6, 6.07) is 1.09. The lowest BCUT2D eigenvalue weighted by atomic mass is 9.99. The largest absolute Gasteiger partial charge is 0.376 e. The van der Waals surface area contributed by atoms with Crippen molar-refractivity contribution in [2.75, 3.05) is 19.7 Å². The van der Waals surface area contributed by atoms with Gasteiger partial charge < -0.3 is 10.5 Å². The summed E-state index contributed by atoms with van der Waals surface area (Å²) >= 11 is 0. The van der Waals surface area contributed by atoms with E-state index in [0.717, 1.165) is 19.1 Å². The van der Waals surface area contributed by atoms with E-state index < -0.39 is 0 Å². The number of hydrogen-bond donors (Lipinski definition) is 1. The first-order valence-electron chi connectivity index (χ1n) is 7.32. The Kier molecular flexibility index (Phi) is 4.83. The number of hydrogen-bond acceptors (Lipinski definition) is 3. The fourth-order valence-electron chi connectivity index (χ4n) is 3.32. The van der Waals surface area contributed by atoms with Crippen LogP contribution in [0.5, 0.6) is 0 Å². The molecule has 2 rings (SSSR count). The minimum Gasteiger partial charge on any atom is -0.376 e. The van der Waals surface area contributed by atoms with Gasteiger partial charge in [-0.2, -0.15) is 0 Å². The number of morpholine rings is 1. The summed E-state index contributed by atoms with van der Waals surface area (Å²) in [5, 5.41) is 0. The fourth-order valence-corrected chi connectivity index (χ4v) is 3.32. The molecule has 1 heterocycles. The molecular weight excluding hydrogens is 212 g/mol. The monoisotopic (exact) mass is 240 g/mol. The van der Waals surface area contributed by atoms with E-state index in [1.165, 1.54) is 38.6 Å². The van der Waals surface area contributed by atoms with Gasteiger partial charge in [0.25, 0.3) is 0 Å². The van der Waals surface area contributed by atoms with Gasteiger partial charge in [0.1, 0.15) is 0 Å². The summed E-state index contributed by atoms with van der Waals surface area (Å²) in [5.74, 6) is 0.769. The molecule has 0 bridgehead atoms. The topological polar surface area (TPSA) is 38.5 Å². The fraction of sp³-hybridized carbons (Fsp3) is 1.00. The highest BCUT2D eigenvalue weighted by molar-refractivity contribution is 4.83. The maximum absolute atomic E-state index is 6.15. The number of nitrogens with zero attached hydrogens (tertiary/aromatic N) is 1. The molecule has 3 heteroatoms. The molecule has 4 unspecified atom stereocenters. The van der Waals surface area contributed by atoms with Gasteiger partial charge in [0, 0.05) is 18.6 Å². The zero-order valence-electron chi connectivity index (χ0n) is 11.4. The third-order valence-electron chi connectivity index (χ3n) is 4.56. The second-order valence-electron chi connectivity index (χ2n) is 5.84. The quantitative estimate of drug-likeness (QED) is 0.817. The van der Waals surface area contributed by atoms with Crippen LogP contribution < -0.4 is 5.73 Å². The Labute approximate surface area is 106 Å². The van der Waals surface area contributed by atoms with Gasteiger partial charge in [0.2, 0.25) is 0 Å². The van der Waals surface area contributed by atoms with E-state index in [0.29, 0.717) is 18.2 Å². The van der Waals surface area contributed by atoms with Gasteiger partial charge in [-0.15, -0.1) is 0 Å². The average molecular weight is 240 g/mol. The van der Waals surface area contributed by atoms with Crippen LogP contribution in [-0.2, 0) is 4.74 Å². The van der Waals surface area contributed by atoms with Crippen LogP contribution in [0.1, 0.15) is 46.0 Å². The summed E-state index contributed by atoms with van der Waals surface area (Å²) in [5.41, 5.74) is 6.15. The minimum absolute atomic E-state index is 0.398. The first-order valence-corrected chi connectivity index (χ1v) is 7.32. The Morgan fingerprint density at radius 2 is 2.18 bits per heavy atom. The van der Waals surface area contributed by atoms with Crippen LogP contribution in [-0.4, -0.2) is 42.8 Å². The van der Waals surface area contributed by atoms with Gasteiger partial charge in [-0.1, -0.05) is 13.3 Å². The molecule has 2 fully saturated rings. The molecule has 0 aromatic rings. The lowest BCUT2D eigenvalue weighted by Crippen LogP contribution is -2.49. The van der Waals surface area contributed by atoms with E-state index in [9.17, 15) is 0 Å². The number of ether oxygens (including phenoxy) is 1. The molecule has 1 aliphatic carbocycles. The molecule has 0 aromatic carbocycles. The van der Waals surface area contributed by atoms with Gasteiger partial charge in [0.05, 0.1) is 12.7 Å². The predicted molar refractivity (Wildman–Crippen MR) is 71.0 cm³/mol. The van der Waals surface area contributed by atoms with E-state index in [1.54, 1.807) is 0 Å². The predicted octanol–water partition coefficient (Wildman–Crippen LogP) is 2.00.